The van der Waals surface area contributed by atoms with Gasteiger partial charge in [0.15, 0.2) is 0 Å². The van der Waals surface area contributed by atoms with E-state index in [1.165, 1.54) is 0 Å². The van der Waals surface area contributed by atoms with Gasteiger partial charge < -0.3 is 5.11 Å². The number of hydrogen-bond donors (Lipinski definition) is 1. The summed E-state index contributed by atoms with van der Waals surface area (Å²) >= 11 is 3.34. The normalized spacial score (nSPS) is 15.4. The molecule has 0 saturated carbocycles. The molecular formula is C17H12OS2. The number of benzene rings is 2. The van der Waals surface area contributed by atoms with Crippen molar-refractivity contribution in [1.82, 2.24) is 0 Å². The zero-order valence-corrected chi connectivity index (χ0v) is 12.2. The van der Waals surface area contributed by atoms with Crippen LogP contribution in [0.2, 0.25) is 0 Å². The standard InChI is InChI=1S/C17H12OS2/c18-17(12-9-10-19-11-12)13-5-1-3-7-15(13)20-16-8-4-2-6-14(16)17/h1-11,18H. The molecule has 0 unspecified atom stereocenters. The minimum absolute atomic E-state index is 0.947. The summed E-state index contributed by atoms with van der Waals surface area (Å²) in [6, 6.07) is 18.2. The van der Waals surface area contributed by atoms with Crippen LogP contribution < -0.4 is 0 Å². The van der Waals surface area contributed by atoms with Gasteiger partial charge in [-0.15, -0.1) is 0 Å². The van der Waals surface area contributed by atoms with Crippen molar-refractivity contribution in [3.8, 4) is 0 Å². The lowest BCUT2D eigenvalue weighted by molar-refractivity contribution is 0.119. The Morgan fingerprint density at radius 3 is 1.95 bits per heavy atom. The number of thiophene rings is 1. The maximum absolute atomic E-state index is 11.5. The predicted octanol–water partition coefficient (Wildman–Crippen LogP) is 4.50. The van der Waals surface area contributed by atoms with Crippen LogP contribution in [0, 0.1) is 0 Å². The molecule has 2 aromatic carbocycles. The molecule has 0 spiro atoms. The van der Waals surface area contributed by atoms with Crippen molar-refractivity contribution in [1.29, 1.82) is 0 Å². The SMILES string of the molecule is OC1(c2ccsc2)c2ccccc2Sc2ccccc21. The summed E-state index contributed by atoms with van der Waals surface area (Å²) < 4.78 is 0. The Bertz CT molecular complexity index is 717. The van der Waals surface area contributed by atoms with Crippen molar-refractivity contribution in [2.75, 3.05) is 0 Å². The molecule has 3 aromatic rings. The number of aliphatic hydroxyl groups is 1. The third-order valence-corrected chi connectivity index (χ3v) is 5.55. The quantitative estimate of drug-likeness (QED) is 0.713. The first-order valence-corrected chi connectivity index (χ1v) is 8.18. The van der Waals surface area contributed by atoms with Gasteiger partial charge >= 0.3 is 0 Å². The highest BCUT2D eigenvalue weighted by Crippen LogP contribution is 2.50. The zero-order valence-electron chi connectivity index (χ0n) is 10.6. The van der Waals surface area contributed by atoms with Crippen molar-refractivity contribution in [3.05, 3.63) is 82.0 Å². The van der Waals surface area contributed by atoms with Crippen LogP contribution in [0.1, 0.15) is 16.7 Å². The summed E-state index contributed by atoms with van der Waals surface area (Å²) in [6.07, 6.45) is 0. The van der Waals surface area contributed by atoms with Gasteiger partial charge in [0.2, 0.25) is 0 Å². The molecule has 1 N–H and O–H groups in total. The van der Waals surface area contributed by atoms with Crippen molar-refractivity contribution in [2.45, 2.75) is 15.4 Å². The average molecular weight is 296 g/mol. The van der Waals surface area contributed by atoms with Gasteiger partial charge in [0.05, 0.1) is 0 Å². The molecule has 4 rings (SSSR count). The molecule has 1 nitrogen and oxygen atoms in total. The molecule has 1 aliphatic heterocycles. The maximum Gasteiger partial charge on any atom is 0.143 e. The maximum atomic E-state index is 11.5. The molecule has 3 heteroatoms. The van der Waals surface area contributed by atoms with Gasteiger partial charge in [0.25, 0.3) is 0 Å². The van der Waals surface area contributed by atoms with E-state index in [2.05, 4.69) is 12.1 Å². The highest BCUT2D eigenvalue weighted by atomic mass is 32.2. The van der Waals surface area contributed by atoms with Crippen molar-refractivity contribution < 1.29 is 5.11 Å². The Hall–Kier alpha value is -1.55. The van der Waals surface area contributed by atoms with E-state index >= 15 is 0 Å². The largest absolute Gasteiger partial charge is 0.376 e. The number of fused-ring (bicyclic) bond motifs is 2. The third kappa shape index (κ3) is 1.61. The van der Waals surface area contributed by atoms with Crippen LogP contribution in [0.4, 0.5) is 0 Å². The van der Waals surface area contributed by atoms with Crippen LogP contribution in [0.5, 0.6) is 0 Å². The summed E-state index contributed by atoms with van der Waals surface area (Å²) in [5, 5.41) is 15.6. The molecule has 1 aliphatic rings. The molecule has 0 radical (unpaired) electrons. The van der Waals surface area contributed by atoms with Crippen LogP contribution >= 0.6 is 23.1 Å². The highest BCUT2D eigenvalue weighted by Gasteiger charge is 2.40. The monoisotopic (exact) mass is 296 g/mol. The Kier molecular flexibility index (Phi) is 2.74. The first-order valence-electron chi connectivity index (χ1n) is 6.42. The van der Waals surface area contributed by atoms with Gasteiger partial charge in [-0.3, -0.25) is 0 Å². The van der Waals surface area contributed by atoms with Gasteiger partial charge in [0.1, 0.15) is 5.60 Å². The van der Waals surface area contributed by atoms with Gasteiger partial charge in [-0.1, -0.05) is 48.2 Å². The third-order valence-electron chi connectivity index (χ3n) is 3.71. The minimum atomic E-state index is -1.04. The van der Waals surface area contributed by atoms with Crippen LogP contribution in [0.15, 0.2) is 75.1 Å². The summed E-state index contributed by atoms with van der Waals surface area (Å²) in [5.74, 6) is 0. The van der Waals surface area contributed by atoms with Crippen LogP contribution in [-0.2, 0) is 5.60 Å². The zero-order chi connectivity index (χ0) is 13.6. The second kappa shape index (κ2) is 4.48. The molecule has 0 aliphatic carbocycles. The van der Waals surface area contributed by atoms with Gasteiger partial charge in [-0.2, -0.15) is 11.3 Å². The first kappa shape index (κ1) is 12.2. The lowest BCUT2D eigenvalue weighted by Crippen LogP contribution is -2.31. The van der Waals surface area contributed by atoms with Crippen LogP contribution in [0.25, 0.3) is 0 Å². The van der Waals surface area contributed by atoms with E-state index < -0.39 is 5.60 Å². The minimum Gasteiger partial charge on any atom is -0.376 e. The highest BCUT2D eigenvalue weighted by molar-refractivity contribution is 7.99. The van der Waals surface area contributed by atoms with Crippen molar-refractivity contribution in [2.24, 2.45) is 0 Å². The fourth-order valence-corrected chi connectivity index (χ4v) is 4.63. The van der Waals surface area contributed by atoms with E-state index in [0.29, 0.717) is 0 Å². The molecule has 1 aromatic heterocycles. The second-order valence-corrected chi connectivity index (χ2v) is 6.68. The van der Waals surface area contributed by atoms with Crippen LogP contribution in [0.3, 0.4) is 0 Å². The summed E-state index contributed by atoms with van der Waals surface area (Å²) in [7, 11) is 0. The second-order valence-electron chi connectivity index (χ2n) is 4.82. The van der Waals surface area contributed by atoms with Crippen LogP contribution in [-0.4, -0.2) is 5.11 Å². The molecule has 0 saturated heterocycles. The topological polar surface area (TPSA) is 20.2 Å². The first-order chi connectivity index (χ1) is 9.80. The fraction of sp³-hybridized carbons (Fsp3) is 0.0588. The Morgan fingerprint density at radius 2 is 1.40 bits per heavy atom. The summed E-state index contributed by atoms with van der Waals surface area (Å²) in [4.78, 5) is 2.25. The molecule has 0 atom stereocenters. The number of hydrogen-bond acceptors (Lipinski definition) is 3. The van der Waals surface area contributed by atoms with E-state index in [-0.39, 0.29) is 0 Å². The predicted molar refractivity (Wildman–Crippen MR) is 83.4 cm³/mol. The summed E-state index contributed by atoms with van der Waals surface area (Å²) in [6.45, 7) is 0. The van der Waals surface area contributed by atoms with E-state index in [1.54, 1.807) is 23.1 Å². The van der Waals surface area contributed by atoms with Gasteiger partial charge in [0, 0.05) is 26.5 Å². The van der Waals surface area contributed by atoms with E-state index in [1.807, 2.05) is 53.2 Å². The van der Waals surface area contributed by atoms with E-state index in [0.717, 1.165) is 26.5 Å². The van der Waals surface area contributed by atoms with E-state index in [9.17, 15) is 5.11 Å². The molecule has 20 heavy (non-hydrogen) atoms. The summed E-state index contributed by atoms with van der Waals surface area (Å²) in [5.41, 5.74) is 1.85. The lowest BCUT2D eigenvalue weighted by atomic mass is 9.81. The Labute approximate surface area is 125 Å². The Balaban J connectivity index is 2.07. The number of rotatable bonds is 1. The van der Waals surface area contributed by atoms with E-state index in [4.69, 9.17) is 0 Å². The smallest absolute Gasteiger partial charge is 0.143 e. The lowest BCUT2D eigenvalue weighted by Gasteiger charge is -2.35. The molecule has 0 fully saturated rings. The molecule has 0 bridgehead atoms. The Morgan fingerprint density at radius 1 is 0.800 bits per heavy atom. The average Bonchev–Trinajstić information content (AvgIpc) is 3.02. The van der Waals surface area contributed by atoms with Gasteiger partial charge in [-0.25, -0.2) is 0 Å². The van der Waals surface area contributed by atoms with Gasteiger partial charge in [-0.05, 0) is 29.0 Å². The van der Waals surface area contributed by atoms with Crippen molar-refractivity contribution in [3.63, 3.8) is 0 Å². The fourth-order valence-electron chi connectivity index (χ4n) is 2.75. The molecule has 98 valence electrons. The molecule has 2 heterocycles. The molecule has 0 amide bonds. The van der Waals surface area contributed by atoms with Crippen molar-refractivity contribution >= 4 is 23.1 Å². The molecular weight excluding hydrogens is 284 g/mol.